The smallest absolute Gasteiger partial charge is 0.442 e. The molecule has 0 atom stereocenters. The number of para-hydroxylation sites is 1. The Balaban J connectivity index is 2.32. The summed E-state index contributed by atoms with van der Waals surface area (Å²) in [6.07, 6.45) is -0.215. The summed E-state index contributed by atoms with van der Waals surface area (Å²) in [5, 5.41) is 20.9. The number of carboxylic acids is 1. The van der Waals surface area contributed by atoms with Gasteiger partial charge in [-0.1, -0.05) is 42.5 Å². The molecule has 0 saturated carbocycles. The molecule has 3 aromatic rings. The number of furan rings is 1. The van der Waals surface area contributed by atoms with Gasteiger partial charge in [0.15, 0.2) is 0 Å². The minimum Gasteiger partial charge on any atom is -0.481 e. The molecule has 0 aliphatic carbocycles. The van der Waals surface area contributed by atoms with Gasteiger partial charge in [0.25, 0.3) is 0 Å². The van der Waals surface area contributed by atoms with Crippen LogP contribution in [0.3, 0.4) is 0 Å². The van der Waals surface area contributed by atoms with Crippen molar-refractivity contribution in [2.45, 2.75) is 6.42 Å². The van der Waals surface area contributed by atoms with E-state index < -0.39 is 10.9 Å². The Morgan fingerprint density at radius 2 is 1.82 bits per heavy atom. The zero-order chi connectivity index (χ0) is 15.7. The predicted molar refractivity (Wildman–Crippen MR) is 79.6 cm³/mol. The van der Waals surface area contributed by atoms with E-state index >= 15 is 0 Å². The quantitative estimate of drug-likeness (QED) is 0.586. The van der Waals surface area contributed by atoms with Crippen LogP contribution in [0, 0.1) is 10.1 Å². The van der Waals surface area contributed by atoms with E-state index in [1.807, 2.05) is 0 Å². The van der Waals surface area contributed by atoms with Crippen molar-refractivity contribution < 1.29 is 19.2 Å². The third kappa shape index (κ3) is 2.31. The van der Waals surface area contributed by atoms with Crippen LogP contribution in [0.5, 0.6) is 0 Å². The number of carbonyl (C=O) groups is 1. The van der Waals surface area contributed by atoms with Crippen molar-refractivity contribution in [3.63, 3.8) is 0 Å². The summed E-state index contributed by atoms with van der Waals surface area (Å²) in [6.45, 7) is 0. The highest BCUT2D eigenvalue weighted by molar-refractivity contribution is 5.99. The molecule has 0 fully saturated rings. The van der Waals surface area contributed by atoms with Crippen molar-refractivity contribution in [2.75, 3.05) is 0 Å². The molecule has 3 rings (SSSR count). The second kappa shape index (κ2) is 5.33. The Morgan fingerprint density at radius 1 is 1.14 bits per heavy atom. The maximum Gasteiger partial charge on any atom is 0.442 e. The molecular weight excluding hydrogens is 286 g/mol. The van der Waals surface area contributed by atoms with Gasteiger partial charge >= 0.3 is 11.9 Å². The van der Waals surface area contributed by atoms with Crippen LogP contribution in [0.15, 0.2) is 52.9 Å². The summed E-state index contributed by atoms with van der Waals surface area (Å²) in [7, 11) is 0. The number of rotatable bonds is 4. The van der Waals surface area contributed by atoms with E-state index in [1.165, 1.54) is 0 Å². The lowest BCUT2D eigenvalue weighted by Crippen LogP contribution is -2.02. The second-order valence-electron chi connectivity index (χ2n) is 4.76. The molecule has 0 unspecified atom stereocenters. The van der Waals surface area contributed by atoms with Gasteiger partial charge in [-0.25, -0.2) is 0 Å². The largest absolute Gasteiger partial charge is 0.481 e. The summed E-state index contributed by atoms with van der Waals surface area (Å²) in [5.41, 5.74) is 1.72. The van der Waals surface area contributed by atoms with Gasteiger partial charge in [-0.3, -0.25) is 14.9 Å². The number of benzene rings is 2. The van der Waals surface area contributed by atoms with E-state index in [1.54, 1.807) is 48.5 Å². The SMILES string of the molecule is O=C(O)Cc1ccccc1-c1c([N+](=O)[O-])oc2ccccc12. The Labute approximate surface area is 124 Å². The van der Waals surface area contributed by atoms with Crippen molar-refractivity contribution in [2.24, 2.45) is 0 Å². The molecule has 0 aliphatic rings. The zero-order valence-electron chi connectivity index (χ0n) is 11.4. The van der Waals surface area contributed by atoms with Gasteiger partial charge in [0.2, 0.25) is 0 Å². The molecular formula is C16H11NO5. The number of aliphatic carboxylic acids is 1. The van der Waals surface area contributed by atoms with Gasteiger partial charge in [0.1, 0.15) is 16.1 Å². The van der Waals surface area contributed by atoms with Gasteiger partial charge < -0.3 is 9.52 Å². The molecule has 0 amide bonds. The number of fused-ring (bicyclic) bond motifs is 1. The van der Waals surface area contributed by atoms with Crippen LogP contribution in [0.2, 0.25) is 0 Å². The zero-order valence-corrected chi connectivity index (χ0v) is 11.4. The molecule has 1 aromatic heterocycles. The maximum atomic E-state index is 11.3. The Hall–Kier alpha value is -3.15. The monoisotopic (exact) mass is 297 g/mol. The molecule has 1 N–H and O–H groups in total. The number of nitro groups is 1. The summed E-state index contributed by atoms with van der Waals surface area (Å²) in [6, 6.07) is 13.6. The topological polar surface area (TPSA) is 93.6 Å². The van der Waals surface area contributed by atoms with E-state index in [-0.39, 0.29) is 12.3 Å². The molecule has 0 spiro atoms. The third-order valence-electron chi connectivity index (χ3n) is 3.37. The van der Waals surface area contributed by atoms with Crippen LogP contribution >= 0.6 is 0 Å². The molecule has 110 valence electrons. The lowest BCUT2D eigenvalue weighted by atomic mass is 9.96. The van der Waals surface area contributed by atoms with Crippen LogP contribution in [-0.4, -0.2) is 16.0 Å². The van der Waals surface area contributed by atoms with Crippen molar-refractivity contribution in [1.29, 1.82) is 0 Å². The van der Waals surface area contributed by atoms with Crippen LogP contribution < -0.4 is 0 Å². The van der Waals surface area contributed by atoms with Crippen LogP contribution in [0.4, 0.5) is 5.88 Å². The lowest BCUT2D eigenvalue weighted by Gasteiger charge is -2.05. The predicted octanol–water partition coefficient (Wildman–Crippen LogP) is 3.64. The van der Waals surface area contributed by atoms with Crippen molar-refractivity contribution in [3.05, 3.63) is 64.2 Å². The van der Waals surface area contributed by atoms with E-state index in [9.17, 15) is 14.9 Å². The lowest BCUT2D eigenvalue weighted by molar-refractivity contribution is -0.400. The van der Waals surface area contributed by atoms with Crippen LogP contribution in [0.25, 0.3) is 22.1 Å². The normalized spacial score (nSPS) is 10.7. The fourth-order valence-electron chi connectivity index (χ4n) is 2.50. The fourth-order valence-corrected chi connectivity index (χ4v) is 2.50. The number of hydrogen-bond acceptors (Lipinski definition) is 4. The van der Waals surface area contributed by atoms with E-state index in [4.69, 9.17) is 9.52 Å². The fraction of sp³-hybridized carbons (Fsp3) is 0.0625. The van der Waals surface area contributed by atoms with E-state index in [2.05, 4.69) is 0 Å². The molecule has 2 aromatic carbocycles. The number of nitrogens with zero attached hydrogens (tertiary/aromatic N) is 1. The van der Waals surface area contributed by atoms with E-state index in [0.717, 1.165) is 0 Å². The molecule has 1 heterocycles. The minimum atomic E-state index is -0.997. The highest BCUT2D eigenvalue weighted by Gasteiger charge is 2.26. The van der Waals surface area contributed by atoms with Gasteiger partial charge in [0, 0.05) is 5.39 Å². The first-order valence-corrected chi connectivity index (χ1v) is 6.54. The van der Waals surface area contributed by atoms with Gasteiger partial charge in [-0.2, -0.15) is 0 Å². The number of carboxylic acid groups (broad SMARTS) is 1. The van der Waals surface area contributed by atoms with Crippen LogP contribution in [-0.2, 0) is 11.2 Å². The van der Waals surface area contributed by atoms with Crippen molar-refractivity contribution >= 4 is 22.8 Å². The first kappa shape index (κ1) is 13.8. The minimum absolute atomic E-state index is 0.215. The molecule has 0 radical (unpaired) electrons. The average Bonchev–Trinajstić information content (AvgIpc) is 2.87. The third-order valence-corrected chi connectivity index (χ3v) is 3.37. The maximum absolute atomic E-state index is 11.3. The highest BCUT2D eigenvalue weighted by Crippen LogP contribution is 2.41. The summed E-state index contributed by atoms with van der Waals surface area (Å²) < 4.78 is 5.33. The van der Waals surface area contributed by atoms with E-state index in [0.29, 0.717) is 27.7 Å². The summed E-state index contributed by atoms with van der Waals surface area (Å²) in [4.78, 5) is 21.7. The van der Waals surface area contributed by atoms with Gasteiger partial charge in [-0.15, -0.1) is 0 Å². The summed E-state index contributed by atoms with van der Waals surface area (Å²) >= 11 is 0. The second-order valence-corrected chi connectivity index (χ2v) is 4.76. The molecule has 6 heteroatoms. The molecule has 0 aliphatic heterocycles. The van der Waals surface area contributed by atoms with Gasteiger partial charge in [-0.05, 0) is 17.2 Å². The average molecular weight is 297 g/mol. The Kier molecular flexibility index (Phi) is 3.34. The molecule has 6 nitrogen and oxygen atoms in total. The molecule has 0 saturated heterocycles. The first-order valence-electron chi connectivity index (χ1n) is 6.54. The molecule has 0 bridgehead atoms. The first-order chi connectivity index (χ1) is 10.6. The molecule has 22 heavy (non-hydrogen) atoms. The summed E-state index contributed by atoms with van der Waals surface area (Å²) in [5.74, 6) is -1.37. The highest BCUT2D eigenvalue weighted by atomic mass is 16.6. The van der Waals surface area contributed by atoms with Crippen LogP contribution in [0.1, 0.15) is 5.56 Å². The van der Waals surface area contributed by atoms with Crippen molar-refractivity contribution in [3.8, 4) is 11.1 Å². The standard InChI is InChI=1S/C16H11NO5/c18-14(19)9-10-5-1-2-6-11(10)15-12-7-3-4-8-13(12)22-16(15)17(20)21/h1-8H,9H2,(H,18,19). The Bertz CT molecular complexity index is 881. The number of hydrogen-bond donors (Lipinski definition) is 1. The van der Waals surface area contributed by atoms with Crippen molar-refractivity contribution in [1.82, 2.24) is 0 Å². The van der Waals surface area contributed by atoms with Gasteiger partial charge in [0.05, 0.1) is 6.42 Å². The Morgan fingerprint density at radius 3 is 2.55 bits per heavy atom.